The summed E-state index contributed by atoms with van der Waals surface area (Å²) in [5.74, 6) is -0.468. The van der Waals surface area contributed by atoms with Crippen molar-refractivity contribution in [1.29, 1.82) is 0 Å². The Morgan fingerprint density at radius 2 is 1.57 bits per heavy atom. The monoisotopic (exact) mass is 693 g/mol. The van der Waals surface area contributed by atoms with Gasteiger partial charge in [-0.25, -0.2) is 8.42 Å². The highest BCUT2D eigenvalue weighted by Gasteiger charge is 2.36. The SMILES string of the molecule is COc1cccc(N(CC(=O)N(Cc2ccc(Cl)cc2Cl)[C@@H](Cc2ccccc2)C(=O)NC2CCCC2)S(=O)(=O)c2ccccc2)c1. The molecule has 0 unspecified atom stereocenters. The van der Waals surface area contributed by atoms with Crippen LogP contribution in [0.25, 0.3) is 0 Å². The molecule has 1 fully saturated rings. The molecule has 0 aromatic heterocycles. The lowest BCUT2D eigenvalue weighted by Crippen LogP contribution is -2.54. The van der Waals surface area contributed by atoms with Crippen LogP contribution in [-0.4, -0.2) is 50.9 Å². The smallest absolute Gasteiger partial charge is 0.264 e. The lowest BCUT2D eigenvalue weighted by Gasteiger charge is -2.34. The maximum atomic E-state index is 14.7. The second-order valence-electron chi connectivity index (χ2n) is 11.5. The number of hydrogen-bond donors (Lipinski definition) is 1. The highest BCUT2D eigenvalue weighted by molar-refractivity contribution is 7.92. The molecule has 0 radical (unpaired) electrons. The minimum Gasteiger partial charge on any atom is -0.497 e. The van der Waals surface area contributed by atoms with Crippen molar-refractivity contribution < 1.29 is 22.7 Å². The molecule has 0 bridgehead atoms. The Bertz CT molecular complexity index is 1790. The summed E-state index contributed by atoms with van der Waals surface area (Å²) in [4.78, 5) is 30.2. The lowest BCUT2D eigenvalue weighted by atomic mass is 10.0. The molecule has 0 saturated heterocycles. The summed E-state index contributed by atoms with van der Waals surface area (Å²) in [5, 5.41) is 3.92. The molecule has 1 saturated carbocycles. The lowest BCUT2D eigenvalue weighted by molar-refractivity contribution is -0.140. The number of anilines is 1. The van der Waals surface area contributed by atoms with E-state index in [2.05, 4.69) is 5.32 Å². The van der Waals surface area contributed by atoms with Crippen molar-refractivity contribution >= 4 is 50.7 Å². The van der Waals surface area contributed by atoms with Crippen molar-refractivity contribution in [2.45, 2.75) is 55.6 Å². The predicted molar refractivity (Wildman–Crippen MR) is 185 cm³/mol. The van der Waals surface area contributed by atoms with Crippen LogP contribution >= 0.6 is 23.2 Å². The summed E-state index contributed by atoms with van der Waals surface area (Å²) in [5.41, 5.74) is 1.65. The summed E-state index contributed by atoms with van der Waals surface area (Å²) in [7, 11) is -2.75. The maximum absolute atomic E-state index is 14.7. The molecule has 11 heteroatoms. The highest BCUT2D eigenvalue weighted by atomic mass is 35.5. The molecule has 1 N–H and O–H groups in total. The number of methoxy groups -OCH3 is 1. The van der Waals surface area contributed by atoms with Crippen molar-refractivity contribution in [2.24, 2.45) is 0 Å². The van der Waals surface area contributed by atoms with Gasteiger partial charge in [-0.3, -0.25) is 13.9 Å². The fraction of sp³-hybridized carbons (Fsp3) is 0.278. The number of hydrogen-bond acceptors (Lipinski definition) is 5. The van der Waals surface area contributed by atoms with E-state index in [-0.39, 0.29) is 35.5 Å². The standard InChI is InChI=1S/C36H37Cl2N3O5S/c1-46-31-16-10-15-30(23-31)41(47(44,45)32-17-6-3-7-18-32)25-35(42)40(24-27-19-20-28(37)22-33(27)38)34(21-26-11-4-2-5-12-26)36(43)39-29-13-8-9-14-29/h2-7,10-12,15-20,22-23,29,34H,8-9,13-14,21,24-25H2,1H3,(H,39,43)/t34-/m0/s1. The van der Waals surface area contributed by atoms with Gasteiger partial charge in [0.15, 0.2) is 0 Å². The average molecular weight is 695 g/mol. The van der Waals surface area contributed by atoms with Crippen molar-refractivity contribution in [3.05, 3.63) is 124 Å². The van der Waals surface area contributed by atoms with E-state index in [0.29, 0.717) is 21.4 Å². The molecular formula is C36H37Cl2N3O5S. The van der Waals surface area contributed by atoms with Crippen LogP contribution in [0.5, 0.6) is 5.75 Å². The number of rotatable bonds is 13. The fourth-order valence-corrected chi connectivity index (χ4v) is 7.66. The van der Waals surface area contributed by atoms with Crippen LogP contribution in [0, 0.1) is 0 Å². The topological polar surface area (TPSA) is 96.0 Å². The summed E-state index contributed by atoms with van der Waals surface area (Å²) < 4.78 is 34.8. The fourth-order valence-electron chi connectivity index (χ4n) is 5.77. The maximum Gasteiger partial charge on any atom is 0.264 e. The Hall–Kier alpha value is -4.05. The number of ether oxygens (including phenoxy) is 1. The number of benzene rings is 4. The molecule has 1 aliphatic carbocycles. The Balaban J connectivity index is 1.59. The first-order valence-corrected chi connectivity index (χ1v) is 17.6. The minimum absolute atomic E-state index is 0.00332. The Labute approximate surface area is 286 Å². The van der Waals surface area contributed by atoms with Gasteiger partial charge in [-0.15, -0.1) is 0 Å². The van der Waals surface area contributed by atoms with E-state index in [4.69, 9.17) is 27.9 Å². The van der Waals surface area contributed by atoms with E-state index in [1.54, 1.807) is 60.7 Å². The van der Waals surface area contributed by atoms with Gasteiger partial charge in [-0.2, -0.15) is 0 Å². The van der Waals surface area contributed by atoms with Crippen LogP contribution in [0.1, 0.15) is 36.8 Å². The number of carbonyl (C=O) groups is 2. The van der Waals surface area contributed by atoms with Gasteiger partial charge in [0.1, 0.15) is 18.3 Å². The van der Waals surface area contributed by atoms with E-state index in [9.17, 15) is 18.0 Å². The van der Waals surface area contributed by atoms with Gasteiger partial charge in [-0.1, -0.05) is 96.7 Å². The normalized spacial score (nSPS) is 13.9. The molecule has 0 aliphatic heterocycles. The number of nitrogens with zero attached hydrogens (tertiary/aromatic N) is 2. The quantitative estimate of drug-likeness (QED) is 0.164. The molecule has 2 amide bonds. The molecule has 4 aromatic rings. The van der Waals surface area contributed by atoms with Crippen LogP contribution < -0.4 is 14.4 Å². The zero-order chi connectivity index (χ0) is 33.4. The molecule has 1 aliphatic rings. The van der Waals surface area contributed by atoms with Crippen LogP contribution in [0.15, 0.2) is 108 Å². The summed E-state index contributed by atoms with van der Waals surface area (Å²) in [6.07, 6.45) is 3.97. The van der Waals surface area contributed by atoms with Crippen LogP contribution in [0.4, 0.5) is 5.69 Å². The zero-order valence-electron chi connectivity index (χ0n) is 26.0. The molecule has 47 heavy (non-hydrogen) atoms. The van der Waals surface area contributed by atoms with Gasteiger partial charge >= 0.3 is 0 Å². The molecule has 1 atom stereocenters. The number of halogens is 2. The molecule has 246 valence electrons. The van der Waals surface area contributed by atoms with Crippen LogP contribution in [0.2, 0.25) is 10.0 Å². The molecular weight excluding hydrogens is 657 g/mol. The van der Waals surface area contributed by atoms with Gasteiger partial charge in [0, 0.05) is 35.1 Å². The van der Waals surface area contributed by atoms with Gasteiger partial charge < -0.3 is 15.0 Å². The van der Waals surface area contributed by atoms with Crippen molar-refractivity contribution in [3.63, 3.8) is 0 Å². The Kier molecular flexibility index (Phi) is 11.4. The Morgan fingerprint density at radius 3 is 2.23 bits per heavy atom. The zero-order valence-corrected chi connectivity index (χ0v) is 28.3. The largest absolute Gasteiger partial charge is 0.497 e. The van der Waals surface area contributed by atoms with Gasteiger partial charge in [0.25, 0.3) is 10.0 Å². The van der Waals surface area contributed by atoms with E-state index in [0.717, 1.165) is 35.6 Å². The Morgan fingerprint density at radius 1 is 0.894 bits per heavy atom. The number of sulfonamides is 1. The second kappa shape index (κ2) is 15.7. The summed E-state index contributed by atoms with van der Waals surface area (Å²) in [6, 6.07) is 27.8. The van der Waals surface area contributed by atoms with E-state index >= 15 is 0 Å². The second-order valence-corrected chi connectivity index (χ2v) is 14.2. The number of nitrogens with one attached hydrogen (secondary N) is 1. The molecule has 0 spiro atoms. The highest BCUT2D eigenvalue weighted by Crippen LogP contribution is 2.29. The first-order chi connectivity index (χ1) is 22.7. The average Bonchev–Trinajstić information content (AvgIpc) is 3.59. The van der Waals surface area contributed by atoms with Crippen LogP contribution in [0.3, 0.4) is 0 Å². The molecule has 0 heterocycles. The third kappa shape index (κ3) is 8.66. The minimum atomic E-state index is -4.23. The van der Waals surface area contributed by atoms with Gasteiger partial charge in [0.2, 0.25) is 11.8 Å². The third-order valence-electron chi connectivity index (χ3n) is 8.28. The van der Waals surface area contributed by atoms with Gasteiger partial charge in [0.05, 0.1) is 17.7 Å². The molecule has 5 rings (SSSR count). The summed E-state index contributed by atoms with van der Waals surface area (Å²) >= 11 is 12.8. The first kappa shape index (κ1) is 34.3. The van der Waals surface area contributed by atoms with E-state index < -0.39 is 28.5 Å². The van der Waals surface area contributed by atoms with E-state index in [1.807, 2.05) is 30.3 Å². The summed E-state index contributed by atoms with van der Waals surface area (Å²) in [6.45, 7) is -0.640. The number of amides is 2. The van der Waals surface area contributed by atoms with Crippen molar-refractivity contribution in [1.82, 2.24) is 10.2 Å². The molecule has 4 aromatic carbocycles. The predicted octanol–water partition coefficient (Wildman–Crippen LogP) is 6.90. The number of carbonyl (C=O) groups excluding carboxylic acids is 2. The van der Waals surface area contributed by atoms with Crippen LogP contribution in [-0.2, 0) is 32.6 Å². The van der Waals surface area contributed by atoms with Gasteiger partial charge in [-0.05, 0) is 60.4 Å². The van der Waals surface area contributed by atoms with E-state index in [1.165, 1.54) is 24.1 Å². The third-order valence-corrected chi connectivity index (χ3v) is 10.7. The van der Waals surface area contributed by atoms with Crippen molar-refractivity contribution in [3.8, 4) is 5.75 Å². The molecule has 8 nitrogen and oxygen atoms in total. The first-order valence-electron chi connectivity index (χ1n) is 15.5. The van der Waals surface area contributed by atoms with Crippen molar-refractivity contribution in [2.75, 3.05) is 18.0 Å².